The van der Waals surface area contributed by atoms with Crippen LogP contribution in [0.1, 0.15) is 30.4 Å². The summed E-state index contributed by atoms with van der Waals surface area (Å²) in [6.45, 7) is 3.24. The molecule has 5 aromatic rings. The van der Waals surface area contributed by atoms with Crippen molar-refractivity contribution in [3.05, 3.63) is 101 Å². The predicted octanol–water partition coefficient (Wildman–Crippen LogP) is 7.00. The molecule has 1 amide bonds. The van der Waals surface area contributed by atoms with Crippen LogP contribution in [0.2, 0.25) is 5.02 Å². The molecule has 9 nitrogen and oxygen atoms in total. The van der Waals surface area contributed by atoms with Gasteiger partial charge < -0.3 is 30.0 Å². The third-order valence-electron chi connectivity index (χ3n) is 8.43. The van der Waals surface area contributed by atoms with Gasteiger partial charge in [-0.25, -0.2) is 0 Å². The molecule has 2 aliphatic rings. The van der Waals surface area contributed by atoms with E-state index < -0.39 is 0 Å². The van der Waals surface area contributed by atoms with Gasteiger partial charge in [0, 0.05) is 64.5 Å². The lowest BCUT2D eigenvalue weighted by molar-refractivity contribution is -0.112. The van der Waals surface area contributed by atoms with E-state index in [4.69, 9.17) is 21.1 Å². The monoisotopic (exact) mass is 632 g/mol. The van der Waals surface area contributed by atoms with Crippen LogP contribution in [0.5, 0.6) is 5.75 Å². The van der Waals surface area contributed by atoms with Gasteiger partial charge in [0.2, 0.25) is 5.91 Å². The molecule has 0 spiro atoms. The molecule has 4 heterocycles. The number of hydrogen-bond acceptors (Lipinski definition) is 7. The van der Waals surface area contributed by atoms with Gasteiger partial charge in [0.05, 0.1) is 35.7 Å². The first-order chi connectivity index (χ1) is 22.5. The van der Waals surface area contributed by atoms with Crippen molar-refractivity contribution in [3.8, 4) is 11.8 Å². The molecule has 1 atom stereocenters. The molecule has 0 bridgehead atoms. The summed E-state index contributed by atoms with van der Waals surface area (Å²) < 4.78 is 11.9. The second-order valence-corrected chi connectivity index (χ2v) is 12.0. The molecule has 46 heavy (non-hydrogen) atoms. The van der Waals surface area contributed by atoms with Gasteiger partial charge >= 0.3 is 0 Å². The number of amides is 1. The average Bonchev–Trinajstić information content (AvgIpc) is 3.76. The standard InChI is InChI=1S/C36H33ClN6O3/c37-27-3-1-2-24(14-27)21-43(28-4-5-31-25(16-28)8-12-40-31)36-26(19-38)20-41-32-18-34(46-29-9-13-45-22-29)33(17-30(32)36)42-35(44)15-23-6-10-39-11-7-23/h1-5,8,12,14-18,20,29,39-40H,6-7,9-11,13,21-22H2,(H,42,44). The fraction of sp³-hybridized carbons (Fsp3) is 0.250. The van der Waals surface area contributed by atoms with Crippen molar-refractivity contribution in [2.45, 2.75) is 31.9 Å². The Hall–Kier alpha value is -4.88. The van der Waals surface area contributed by atoms with E-state index in [2.05, 4.69) is 37.6 Å². The molecule has 0 aliphatic carbocycles. The lowest BCUT2D eigenvalue weighted by Crippen LogP contribution is -2.24. The second kappa shape index (κ2) is 13.2. The molecule has 1 unspecified atom stereocenters. The molecule has 2 fully saturated rings. The second-order valence-electron chi connectivity index (χ2n) is 11.6. The van der Waals surface area contributed by atoms with Crippen molar-refractivity contribution >= 4 is 56.4 Å². The van der Waals surface area contributed by atoms with E-state index in [1.807, 2.05) is 60.8 Å². The molecule has 3 N–H and O–H groups in total. The molecule has 232 valence electrons. The smallest absolute Gasteiger partial charge is 0.248 e. The largest absolute Gasteiger partial charge is 0.486 e. The van der Waals surface area contributed by atoms with Crippen LogP contribution in [-0.4, -0.2) is 48.3 Å². The number of carbonyl (C=O) groups excluding carboxylic acids is 1. The number of H-pyrrole nitrogens is 1. The average molecular weight is 633 g/mol. The van der Waals surface area contributed by atoms with Crippen molar-refractivity contribution in [2.75, 3.05) is 36.5 Å². The molecular formula is C36H33ClN6O3. The number of rotatable bonds is 8. The first-order valence-electron chi connectivity index (χ1n) is 15.5. The third kappa shape index (κ3) is 6.42. The maximum absolute atomic E-state index is 13.4. The van der Waals surface area contributed by atoms with E-state index in [-0.39, 0.29) is 12.0 Å². The summed E-state index contributed by atoms with van der Waals surface area (Å²) in [4.78, 5) is 23.4. The van der Waals surface area contributed by atoms with Crippen LogP contribution >= 0.6 is 11.6 Å². The Morgan fingerprint density at radius 2 is 2.07 bits per heavy atom. The number of anilines is 3. The quantitative estimate of drug-likeness (QED) is 0.158. The summed E-state index contributed by atoms with van der Waals surface area (Å²) >= 11 is 6.41. The van der Waals surface area contributed by atoms with Gasteiger partial charge in [-0.1, -0.05) is 29.3 Å². The SMILES string of the molecule is N#Cc1cnc2cc(OC3CCOC3)c(NC(=O)C=C3CCNCC3)cc2c1N(Cc1cccc(Cl)c1)c1ccc2[nH]ccc2c1. The summed E-state index contributed by atoms with van der Waals surface area (Å²) in [6, 6.07) is 22.0. The number of benzene rings is 3. The number of piperidine rings is 1. The summed E-state index contributed by atoms with van der Waals surface area (Å²) in [5.74, 6) is 0.293. The maximum Gasteiger partial charge on any atom is 0.248 e. The van der Waals surface area contributed by atoms with Gasteiger partial charge in [0.15, 0.2) is 0 Å². The number of fused-ring (bicyclic) bond motifs is 2. The highest BCUT2D eigenvalue weighted by Gasteiger charge is 2.24. The summed E-state index contributed by atoms with van der Waals surface area (Å²) in [5, 5.41) is 19.2. The van der Waals surface area contributed by atoms with Crippen LogP contribution in [0, 0.1) is 11.3 Å². The summed E-state index contributed by atoms with van der Waals surface area (Å²) in [7, 11) is 0. The van der Waals surface area contributed by atoms with Gasteiger partial charge in [-0.2, -0.15) is 5.26 Å². The first kappa shape index (κ1) is 29.8. The number of nitriles is 1. The molecule has 0 radical (unpaired) electrons. The number of aromatic nitrogens is 2. The van der Waals surface area contributed by atoms with Gasteiger partial charge in [-0.05, 0) is 74.0 Å². The number of nitrogens with zero attached hydrogens (tertiary/aromatic N) is 3. The minimum Gasteiger partial charge on any atom is -0.486 e. The number of aromatic amines is 1. The van der Waals surface area contributed by atoms with E-state index >= 15 is 0 Å². The summed E-state index contributed by atoms with van der Waals surface area (Å²) in [5.41, 5.74) is 6.19. The van der Waals surface area contributed by atoms with E-state index in [1.54, 1.807) is 12.3 Å². The Labute approximate surface area is 271 Å². The maximum atomic E-state index is 13.4. The minimum atomic E-state index is -0.219. The van der Waals surface area contributed by atoms with Crippen LogP contribution in [0.25, 0.3) is 21.8 Å². The van der Waals surface area contributed by atoms with Crippen LogP contribution in [0.3, 0.4) is 0 Å². The number of carbonyl (C=O) groups is 1. The highest BCUT2D eigenvalue weighted by Crippen LogP contribution is 2.41. The minimum absolute atomic E-state index is 0.138. The molecule has 10 heteroatoms. The number of ether oxygens (including phenoxy) is 2. The van der Waals surface area contributed by atoms with Crippen molar-refractivity contribution in [3.63, 3.8) is 0 Å². The van der Waals surface area contributed by atoms with Gasteiger partial charge in [-0.15, -0.1) is 0 Å². The Bertz CT molecular complexity index is 1980. The Morgan fingerprint density at radius 3 is 2.87 bits per heavy atom. The van der Waals surface area contributed by atoms with Gasteiger partial charge in [-0.3, -0.25) is 9.78 Å². The fourth-order valence-corrected chi connectivity index (χ4v) is 6.34. The van der Waals surface area contributed by atoms with Crippen LogP contribution in [-0.2, 0) is 16.1 Å². The lowest BCUT2D eigenvalue weighted by Gasteiger charge is -2.28. The topological polar surface area (TPSA) is 115 Å². The zero-order valence-electron chi connectivity index (χ0n) is 25.2. The number of nitrogens with one attached hydrogen (secondary N) is 3. The zero-order chi connectivity index (χ0) is 31.5. The molecular weight excluding hydrogens is 600 g/mol. The number of pyridine rings is 1. The van der Waals surface area contributed by atoms with Crippen molar-refractivity contribution in [2.24, 2.45) is 0 Å². The third-order valence-corrected chi connectivity index (χ3v) is 8.67. The summed E-state index contributed by atoms with van der Waals surface area (Å²) in [6.07, 6.45) is 7.47. The van der Waals surface area contributed by atoms with E-state index in [0.717, 1.165) is 60.1 Å². The van der Waals surface area contributed by atoms with Crippen LogP contribution in [0.4, 0.5) is 17.1 Å². The molecule has 2 aliphatic heterocycles. The highest BCUT2D eigenvalue weighted by atomic mass is 35.5. The predicted molar refractivity (Wildman–Crippen MR) is 181 cm³/mol. The number of halogens is 1. The van der Waals surface area contributed by atoms with E-state index in [1.165, 1.54) is 0 Å². The molecule has 0 saturated carbocycles. The van der Waals surface area contributed by atoms with E-state index in [9.17, 15) is 10.1 Å². The van der Waals surface area contributed by atoms with Crippen LogP contribution < -0.4 is 20.3 Å². The first-order valence-corrected chi connectivity index (χ1v) is 15.8. The van der Waals surface area contributed by atoms with Crippen molar-refractivity contribution in [1.82, 2.24) is 15.3 Å². The molecule has 3 aromatic carbocycles. The van der Waals surface area contributed by atoms with Crippen molar-refractivity contribution in [1.29, 1.82) is 5.26 Å². The zero-order valence-corrected chi connectivity index (χ0v) is 25.9. The number of hydrogen-bond donors (Lipinski definition) is 3. The Kier molecular flexibility index (Phi) is 8.57. The molecule has 2 aromatic heterocycles. The molecule has 2 saturated heterocycles. The Morgan fingerprint density at radius 1 is 1.17 bits per heavy atom. The van der Waals surface area contributed by atoms with Crippen molar-refractivity contribution < 1.29 is 14.3 Å². The Balaban J connectivity index is 1.38. The van der Waals surface area contributed by atoms with E-state index in [0.29, 0.717) is 58.4 Å². The fourth-order valence-electron chi connectivity index (χ4n) is 6.13. The highest BCUT2D eigenvalue weighted by molar-refractivity contribution is 6.30. The lowest BCUT2D eigenvalue weighted by atomic mass is 10.0. The molecule has 7 rings (SSSR count). The van der Waals surface area contributed by atoms with Crippen LogP contribution in [0.15, 0.2) is 84.7 Å². The normalized spacial score (nSPS) is 16.3. The van der Waals surface area contributed by atoms with Gasteiger partial charge in [0.25, 0.3) is 0 Å². The van der Waals surface area contributed by atoms with Gasteiger partial charge in [0.1, 0.15) is 17.9 Å².